The van der Waals surface area contributed by atoms with Crippen molar-refractivity contribution in [1.82, 2.24) is 10.2 Å². The summed E-state index contributed by atoms with van der Waals surface area (Å²) < 4.78 is 0. The third kappa shape index (κ3) is 4.71. The van der Waals surface area contributed by atoms with E-state index >= 15 is 0 Å². The molecule has 2 unspecified atom stereocenters. The number of hydrogen-bond donors (Lipinski definition) is 2. The summed E-state index contributed by atoms with van der Waals surface area (Å²) in [6.45, 7) is 3.50. The molecule has 2 amide bonds. The molecule has 122 valence electrons. The molecule has 0 saturated heterocycles. The standard InChI is InChI=1S/C16H23N3O2.ClH/c1-11-10-14(11)15(20)18-13-6-4-12(5-7-13)16(21)19(3)9-8-17-2;/h4-7,11,14,17H,8-10H2,1-3H3,(H,18,20);1H. The van der Waals surface area contributed by atoms with Crippen LogP contribution in [0.5, 0.6) is 0 Å². The SMILES string of the molecule is CNCCN(C)C(=O)c1ccc(NC(=O)C2CC2C)cc1.Cl. The molecule has 0 radical (unpaired) electrons. The van der Waals surface area contributed by atoms with Gasteiger partial charge in [-0.25, -0.2) is 0 Å². The molecular weight excluding hydrogens is 302 g/mol. The molecule has 1 fully saturated rings. The van der Waals surface area contributed by atoms with Gasteiger partial charge in [-0.05, 0) is 43.7 Å². The van der Waals surface area contributed by atoms with Crippen LogP contribution in [0.3, 0.4) is 0 Å². The molecule has 0 aliphatic heterocycles. The van der Waals surface area contributed by atoms with Crippen molar-refractivity contribution in [1.29, 1.82) is 0 Å². The number of nitrogens with one attached hydrogen (secondary N) is 2. The van der Waals surface area contributed by atoms with Crippen molar-refractivity contribution in [3.8, 4) is 0 Å². The zero-order chi connectivity index (χ0) is 15.4. The summed E-state index contributed by atoms with van der Waals surface area (Å²) in [5.74, 6) is 0.706. The minimum Gasteiger partial charge on any atom is -0.340 e. The van der Waals surface area contributed by atoms with E-state index in [9.17, 15) is 9.59 Å². The first-order chi connectivity index (χ1) is 10.0. The van der Waals surface area contributed by atoms with Crippen molar-refractivity contribution in [2.45, 2.75) is 13.3 Å². The molecule has 1 saturated carbocycles. The lowest BCUT2D eigenvalue weighted by molar-refractivity contribution is -0.117. The Balaban J connectivity index is 0.00000242. The van der Waals surface area contributed by atoms with Gasteiger partial charge in [0, 0.05) is 37.3 Å². The Morgan fingerprint density at radius 2 is 1.86 bits per heavy atom. The van der Waals surface area contributed by atoms with Gasteiger partial charge in [0.25, 0.3) is 5.91 Å². The highest BCUT2D eigenvalue weighted by Crippen LogP contribution is 2.38. The van der Waals surface area contributed by atoms with Crippen molar-refractivity contribution in [3.05, 3.63) is 29.8 Å². The van der Waals surface area contributed by atoms with Crippen molar-refractivity contribution in [2.24, 2.45) is 11.8 Å². The number of rotatable bonds is 6. The minimum atomic E-state index is -0.0149. The Hall–Kier alpha value is -1.59. The number of benzene rings is 1. The lowest BCUT2D eigenvalue weighted by Gasteiger charge is -2.17. The predicted molar refractivity (Wildman–Crippen MR) is 90.5 cm³/mol. The molecule has 2 atom stereocenters. The molecule has 1 aromatic rings. The van der Waals surface area contributed by atoms with Gasteiger partial charge in [0.2, 0.25) is 5.91 Å². The maximum Gasteiger partial charge on any atom is 0.253 e. The van der Waals surface area contributed by atoms with Gasteiger partial charge in [0.05, 0.1) is 0 Å². The summed E-state index contributed by atoms with van der Waals surface area (Å²) in [6, 6.07) is 7.07. The smallest absolute Gasteiger partial charge is 0.253 e. The molecule has 22 heavy (non-hydrogen) atoms. The predicted octanol–water partition coefficient (Wildman–Crippen LogP) is 1.99. The van der Waals surface area contributed by atoms with E-state index in [1.165, 1.54) is 0 Å². The first-order valence-corrected chi connectivity index (χ1v) is 7.34. The Morgan fingerprint density at radius 1 is 1.27 bits per heavy atom. The normalized spacial score (nSPS) is 19.0. The Kier molecular flexibility index (Phi) is 6.84. The summed E-state index contributed by atoms with van der Waals surface area (Å²) in [7, 11) is 3.64. The van der Waals surface area contributed by atoms with Crippen LogP contribution in [0.1, 0.15) is 23.7 Å². The van der Waals surface area contributed by atoms with Crippen LogP contribution in [0, 0.1) is 11.8 Å². The van der Waals surface area contributed by atoms with Crippen LogP contribution in [-0.4, -0.2) is 43.9 Å². The van der Waals surface area contributed by atoms with Crippen LogP contribution in [0.2, 0.25) is 0 Å². The average molecular weight is 326 g/mol. The molecule has 5 nitrogen and oxygen atoms in total. The molecule has 0 heterocycles. The topological polar surface area (TPSA) is 61.4 Å². The van der Waals surface area contributed by atoms with E-state index in [4.69, 9.17) is 0 Å². The Morgan fingerprint density at radius 3 is 2.36 bits per heavy atom. The van der Waals surface area contributed by atoms with E-state index in [1.807, 2.05) is 7.05 Å². The van der Waals surface area contributed by atoms with E-state index in [2.05, 4.69) is 17.6 Å². The second kappa shape index (κ2) is 8.15. The van der Waals surface area contributed by atoms with Gasteiger partial charge >= 0.3 is 0 Å². The Bertz CT molecular complexity index is 519. The van der Waals surface area contributed by atoms with E-state index in [1.54, 1.807) is 36.2 Å². The van der Waals surface area contributed by atoms with Crippen LogP contribution in [-0.2, 0) is 4.79 Å². The molecule has 0 spiro atoms. The summed E-state index contributed by atoms with van der Waals surface area (Å²) >= 11 is 0. The highest BCUT2D eigenvalue weighted by molar-refractivity contribution is 5.96. The van der Waals surface area contributed by atoms with E-state index in [0.717, 1.165) is 18.7 Å². The first kappa shape index (κ1) is 18.5. The van der Waals surface area contributed by atoms with Crippen LogP contribution in [0.25, 0.3) is 0 Å². The fraction of sp³-hybridized carbons (Fsp3) is 0.500. The number of amides is 2. The second-order valence-corrected chi connectivity index (χ2v) is 5.72. The number of carbonyl (C=O) groups is 2. The molecule has 1 aliphatic carbocycles. The number of hydrogen-bond acceptors (Lipinski definition) is 3. The third-order valence-electron chi connectivity index (χ3n) is 3.89. The zero-order valence-corrected chi connectivity index (χ0v) is 14.1. The van der Waals surface area contributed by atoms with E-state index in [-0.39, 0.29) is 30.1 Å². The maximum atomic E-state index is 12.2. The van der Waals surface area contributed by atoms with Gasteiger partial charge in [-0.15, -0.1) is 12.4 Å². The number of anilines is 1. The van der Waals surface area contributed by atoms with Crippen molar-refractivity contribution >= 4 is 29.9 Å². The van der Waals surface area contributed by atoms with Gasteiger partial charge in [-0.3, -0.25) is 9.59 Å². The van der Waals surface area contributed by atoms with Crippen LogP contribution in [0.4, 0.5) is 5.69 Å². The molecule has 2 N–H and O–H groups in total. The van der Waals surface area contributed by atoms with Gasteiger partial charge < -0.3 is 15.5 Å². The maximum absolute atomic E-state index is 12.2. The lowest BCUT2D eigenvalue weighted by Crippen LogP contribution is -2.32. The summed E-state index contributed by atoms with van der Waals surface area (Å²) in [5, 5.41) is 5.90. The van der Waals surface area contributed by atoms with Crippen molar-refractivity contribution in [3.63, 3.8) is 0 Å². The zero-order valence-electron chi connectivity index (χ0n) is 13.3. The number of carbonyl (C=O) groups excluding carboxylic acids is 2. The average Bonchev–Trinajstić information content (AvgIpc) is 3.22. The van der Waals surface area contributed by atoms with Crippen LogP contribution < -0.4 is 10.6 Å². The van der Waals surface area contributed by atoms with Crippen molar-refractivity contribution < 1.29 is 9.59 Å². The Labute approximate surface area is 137 Å². The van der Waals surface area contributed by atoms with E-state index < -0.39 is 0 Å². The molecule has 2 rings (SSSR count). The molecule has 1 aliphatic rings. The summed E-state index contributed by atoms with van der Waals surface area (Å²) in [4.78, 5) is 25.7. The highest BCUT2D eigenvalue weighted by Gasteiger charge is 2.39. The summed E-state index contributed by atoms with van der Waals surface area (Å²) in [5.41, 5.74) is 1.37. The van der Waals surface area contributed by atoms with Gasteiger partial charge in [-0.1, -0.05) is 6.92 Å². The van der Waals surface area contributed by atoms with Gasteiger partial charge in [-0.2, -0.15) is 0 Å². The fourth-order valence-corrected chi connectivity index (χ4v) is 2.22. The number of halogens is 1. The molecular formula is C16H24ClN3O2. The van der Waals surface area contributed by atoms with Crippen molar-refractivity contribution in [2.75, 3.05) is 32.5 Å². The van der Waals surface area contributed by atoms with Gasteiger partial charge in [0.15, 0.2) is 0 Å². The minimum absolute atomic E-state index is 0. The number of nitrogens with zero attached hydrogens (tertiary/aromatic N) is 1. The summed E-state index contributed by atoms with van der Waals surface area (Å²) in [6.07, 6.45) is 0.971. The lowest BCUT2D eigenvalue weighted by atomic mass is 10.1. The first-order valence-electron chi connectivity index (χ1n) is 7.34. The van der Waals surface area contributed by atoms with Crippen LogP contribution in [0.15, 0.2) is 24.3 Å². The second-order valence-electron chi connectivity index (χ2n) is 5.72. The molecule has 6 heteroatoms. The van der Waals surface area contributed by atoms with E-state index in [0.29, 0.717) is 18.0 Å². The fourth-order valence-electron chi connectivity index (χ4n) is 2.22. The molecule has 0 bridgehead atoms. The molecule has 0 aromatic heterocycles. The quantitative estimate of drug-likeness (QED) is 0.841. The number of likely N-dealkylation sites (N-methyl/N-ethyl adjacent to an activating group) is 2. The molecule has 1 aromatic carbocycles. The monoisotopic (exact) mass is 325 g/mol. The third-order valence-corrected chi connectivity index (χ3v) is 3.89. The van der Waals surface area contributed by atoms with Crippen LogP contribution >= 0.6 is 12.4 Å². The van der Waals surface area contributed by atoms with Gasteiger partial charge in [0.1, 0.15) is 0 Å². The largest absolute Gasteiger partial charge is 0.340 e. The highest BCUT2D eigenvalue weighted by atomic mass is 35.5.